The van der Waals surface area contributed by atoms with Gasteiger partial charge in [0.1, 0.15) is 12.5 Å². The lowest BCUT2D eigenvalue weighted by Gasteiger charge is -1.86. The van der Waals surface area contributed by atoms with Crippen molar-refractivity contribution in [2.24, 2.45) is 0 Å². The highest BCUT2D eigenvalue weighted by molar-refractivity contribution is 4.95. The van der Waals surface area contributed by atoms with Crippen LogP contribution in [0.25, 0.3) is 0 Å². The van der Waals surface area contributed by atoms with Crippen molar-refractivity contribution in [3.8, 4) is 0 Å². The Kier molecular flexibility index (Phi) is 1.64. The van der Waals surface area contributed by atoms with Crippen molar-refractivity contribution in [1.29, 1.82) is 0 Å². The Morgan fingerprint density at radius 3 is 3.38 bits per heavy atom. The molecule has 1 heterocycles. The highest BCUT2D eigenvalue weighted by Crippen LogP contribution is 1.95. The van der Waals surface area contributed by atoms with Gasteiger partial charge in [-0.1, -0.05) is 5.16 Å². The van der Waals surface area contributed by atoms with E-state index in [1.54, 1.807) is 7.11 Å². The molecule has 0 saturated heterocycles. The third kappa shape index (κ3) is 1.07. The second kappa shape index (κ2) is 2.47. The predicted molar refractivity (Wildman–Crippen MR) is 26.1 cm³/mol. The van der Waals surface area contributed by atoms with Gasteiger partial charge in [0.05, 0.1) is 6.61 Å². The second-order valence-electron chi connectivity index (χ2n) is 1.38. The average molecular weight is 112 g/mol. The Bertz CT molecular complexity index is 136. The van der Waals surface area contributed by atoms with E-state index in [9.17, 15) is 0 Å². The van der Waals surface area contributed by atoms with Gasteiger partial charge in [-0.05, 0) is 0 Å². The molecule has 1 radical (unpaired) electrons. The van der Waals surface area contributed by atoms with Gasteiger partial charge in [-0.2, -0.15) is 0 Å². The van der Waals surface area contributed by atoms with E-state index in [4.69, 9.17) is 4.74 Å². The predicted octanol–water partition coefficient (Wildman–Crippen LogP) is 0.621. The van der Waals surface area contributed by atoms with Crippen LogP contribution in [0.2, 0.25) is 0 Å². The summed E-state index contributed by atoms with van der Waals surface area (Å²) < 4.78 is 9.24. The molecule has 0 fully saturated rings. The van der Waals surface area contributed by atoms with E-state index >= 15 is 0 Å². The topological polar surface area (TPSA) is 35.3 Å². The van der Waals surface area contributed by atoms with Gasteiger partial charge >= 0.3 is 0 Å². The molecule has 0 unspecified atom stereocenters. The molecule has 0 bridgehead atoms. The van der Waals surface area contributed by atoms with Crippen molar-refractivity contribution >= 4 is 0 Å². The Morgan fingerprint density at radius 2 is 2.88 bits per heavy atom. The molecule has 0 spiro atoms. The zero-order valence-electron chi connectivity index (χ0n) is 4.55. The Hall–Kier alpha value is -0.830. The maximum atomic E-state index is 4.75. The fourth-order valence-corrected chi connectivity index (χ4v) is 0.423. The monoisotopic (exact) mass is 112 g/mol. The summed E-state index contributed by atoms with van der Waals surface area (Å²) in [6.45, 7) is 0.517. The van der Waals surface area contributed by atoms with Crippen molar-refractivity contribution < 1.29 is 9.26 Å². The third-order valence-electron chi connectivity index (χ3n) is 0.737. The molecular formula is C5H6NO2. The van der Waals surface area contributed by atoms with Crippen LogP contribution in [-0.4, -0.2) is 12.3 Å². The van der Waals surface area contributed by atoms with Crippen molar-refractivity contribution in [2.75, 3.05) is 7.11 Å². The molecule has 0 aromatic carbocycles. The van der Waals surface area contributed by atoms with Gasteiger partial charge in [0.2, 0.25) is 0 Å². The number of aromatic nitrogens is 1. The zero-order valence-corrected chi connectivity index (χ0v) is 4.55. The lowest BCUT2D eigenvalue weighted by molar-refractivity contribution is 0.184. The van der Waals surface area contributed by atoms with Crippen molar-refractivity contribution in [2.45, 2.75) is 6.61 Å². The first-order valence-electron chi connectivity index (χ1n) is 2.23. The normalized spacial score (nSPS) is 9.62. The SMILES string of the molecule is COCc1[c]noc1. The largest absolute Gasteiger partial charge is 0.380 e. The molecule has 0 aliphatic heterocycles. The summed E-state index contributed by atoms with van der Waals surface area (Å²) in [6.07, 6.45) is 4.10. The summed E-state index contributed by atoms with van der Waals surface area (Å²) in [5.74, 6) is 0. The Morgan fingerprint density at radius 1 is 2.00 bits per heavy atom. The maximum absolute atomic E-state index is 4.75. The molecule has 0 N–H and O–H groups in total. The van der Waals surface area contributed by atoms with E-state index in [0.29, 0.717) is 6.61 Å². The number of methoxy groups -OCH3 is 1. The Labute approximate surface area is 47.2 Å². The number of hydrogen-bond donors (Lipinski definition) is 0. The molecule has 0 saturated carbocycles. The molecule has 1 rings (SSSR count). The summed E-state index contributed by atoms with van der Waals surface area (Å²) in [5, 5.41) is 3.36. The minimum Gasteiger partial charge on any atom is -0.380 e. The van der Waals surface area contributed by atoms with Crippen LogP contribution in [0, 0.1) is 6.20 Å². The lowest BCUT2D eigenvalue weighted by atomic mass is 10.4. The first-order chi connectivity index (χ1) is 3.93. The summed E-state index contributed by atoms with van der Waals surface area (Å²) in [6, 6.07) is 0. The molecule has 43 valence electrons. The van der Waals surface area contributed by atoms with Crippen molar-refractivity contribution in [1.82, 2.24) is 5.16 Å². The smallest absolute Gasteiger partial charge is 0.141 e. The van der Waals surface area contributed by atoms with E-state index in [-0.39, 0.29) is 0 Å². The minimum atomic E-state index is 0.517. The molecular weight excluding hydrogens is 106 g/mol. The van der Waals surface area contributed by atoms with Gasteiger partial charge < -0.3 is 9.26 Å². The standard InChI is InChI=1S/C5H6NO2/c1-7-3-5-2-6-8-4-5/h4H,3H2,1H3. The van der Waals surface area contributed by atoms with Crippen molar-refractivity contribution in [3.05, 3.63) is 18.0 Å². The fourth-order valence-electron chi connectivity index (χ4n) is 0.423. The van der Waals surface area contributed by atoms with Crippen LogP contribution in [0.1, 0.15) is 5.56 Å². The van der Waals surface area contributed by atoms with Gasteiger partial charge in [0.25, 0.3) is 0 Å². The number of hydrogen-bond acceptors (Lipinski definition) is 3. The molecule has 0 aliphatic rings. The van der Waals surface area contributed by atoms with Gasteiger partial charge in [0.15, 0.2) is 0 Å². The van der Waals surface area contributed by atoms with Crippen molar-refractivity contribution in [3.63, 3.8) is 0 Å². The molecule has 1 aromatic rings. The Balaban J connectivity index is 2.50. The summed E-state index contributed by atoms with van der Waals surface area (Å²) in [7, 11) is 1.61. The maximum Gasteiger partial charge on any atom is 0.141 e. The molecule has 0 atom stereocenters. The third-order valence-corrected chi connectivity index (χ3v) is 0.737. The van der Waals surface area contributed by atoms with E-state index in [0.717, 1.165) is 5.56 Å². The molecule has 1 aromatic heterocycles. The van der Waals surface area contributed by atoms with Crippen LogP contribution in [0.5, 0.6) is 0 Å². The van der Waals surface area contributed by atoms with Gasteiger partial charge in [-0.3, -0.25) is 0 Å². The van der Waals surface area contributed by atoms with Gasteiger partial charge in [-0.25, -0.2) is 0 Å². The highest BCUT2D eigenvalue weighted by Gasteiger charge is 1.91. The van der Waals surface area contributed by atoms with E-state index in [1.807, 2.05) is 0 Å². The molecule has 3 nitrogen and oxygen atoms in total. The van der Waals surface area contributed by atoms with Crippen LogP contribution < -0.4 is 0 Å². The second-order valence-corrected chi connectivity index (χ2v) is 1.38. The number of rotatable bonds is 2. The molecule has 3 heteroatoms. The number of nitrogens with zero attached hydrogens (tertiary/aromatic N) is 1. The molecule has 0 aliphatic carbocycles. The zero-order chi connectivity index (χ0) is 5.82. The molecule has 0 amide bonds. The average Bonchev–Trinajstić information content (AvgIpc) is 2.19. The summed E-state index contributed by atoms with van der Waals surface area (Å²) in [5.41, 5.74) is 0.840. The minimum absolute atomic E-state index is 0.517. The lowest BCUT2D eigenvalue weighted by Crippen LogP contribution is -1.81. The van der Waals surface area contributed by atoms with E-state index in [1.165, 1.54) is 6.26 Å². The van der Waals surface area contributed by atoms with Crippen LogP contribution in [0.3, 0.4) is 0 Å². The first kappa shape index (κ1) is 5.31. The summed E-state index contributed by atoms with van der Waals surface area (Å²) in [4.78, 5) is 0. The van der Waals surface area contributed by atoms with Crippen LogP contribution >= 0.6 is 0 Å². The van der Waals surface area contributed by atoms with Crippen LogP contribution in [0.4, 0.5) is 0 Å². The molecule has 8 heavy (non-hydrogen) atoms. The summed E-state index contributed by atoms with van der Waals surface area (Å²) >= 11 is 0. The highest BCUT2D eigenvalue weighted by atomic mass is 16.5. The van der Waals surface area contributed by atoms with Crippen LogP contribution in [0.15, 0.2) is 10.8 Å². The van der Waals surface area contributed by atoms with Gasteiger partial charge in [-0.15, -0.1) is 0 Å². The number of ether oxygens (including phenoxy) is 1. The quantitative estimate of drug-likeness (QED) is 0.562. The van der Waals surface area contributed by atoms with Gasteiger partial charge in [0, 0.05) is 12.7 Å². The van der Waals surface area contributed by atoms with E-state index in [2.05, 4.69) is 15.9 Å². The fraction of sp³-hybridized carbons (Fsp3) is 0.400. The van der Waals surface area contributed by atoms with Crippen LogP contribution in [-0.2, 0) is 11.3 Å². The first-order valence-corrected chi connectivity index (χ1v) is 2.23. The van der Waals surface area contributed by atoms with E-state index < -0.39 is 0 Å².